The molecule has 1 aliphatic carbocycles. The van der Waals surface area contributed by atoms with Crippen molar-refractivity contribution in [3.63, 3.8) is 0 Å². The highest BCUT2D eigenvalue weighted by molar-refractivity contribution is 5.80. The number of para-hydroxylation sites is 1. The second kappa shape index (κ2) is 6.16. The second-order valence-corrected chi connectivity index (χ2v) is 7.49. The van der Waals surface area contributed by atoms with Crippen LogP contribution in [0.3, 0.4) is 0 Å². The van der Waals surface area contributed by atoms with Crippen molar-refractivity contribution in [1.82, 2.24) is 20.0 Å². The SMILES string of the molecule is CC1(C(=O)O)CCN(C(=O)N[C@@H]2C[C@H]2c2cnn(-c3ccccc3)c2)C1. The van der Waals surface area contributed by atoms with Crippen molar-refractivity contribution < 1.29 is 14.7 Å². The van der Waals surface area contributed by atoms with Crippen LogP contribution in [0.1, 0.15) is 31.2 Å². The Morgan fingerprint density at radius 2 is 2.08 bits per heavy atom. The van der Waals surface area contributed by atoms with E-state index in [0.717, 1.165) is 17.7 Å². The maximum Gasteiger partial charge on any atom is 0.317 e. The van der Waals surface area contributed by atoms with Gasteiger partial charge in [-0.25, -0.2) is 9.48 Å². The number of amides is 2. The molecule has 1 aromatic carbocycles. The van der Waals surface area contributed by atoms with Crippen molar-refractivity contribution in [3.8, 4) is 5.69 Å². The molecule has 0 radical (unpaired) electrons. The Morgan fingerprint density at radius 3 is 2.77 bits per heavy atom. The van der Waals surface area contributed by atoms with Crippen molar-refractivity contribution in [3.05, 3.63) is 48.3 Å². The lowest BCUT2D eigenvalue weighted by atomic mass is 9.90. The molecule has 7 nitrogen and oxygen atoms in total. The standard InChI is InChI=1S/C19H22N4O3/c1-19(17(24)25)7-8-22(12-19)18(26)21-16-9-15(16)13-10-20-23(11-13)14-5-3-2-4-6-14/h2-6,10-11,15-16H,7-9,12H2,1H3,(H,21,26)(H,24,25)/t15-,16+,19?/m0/s1. The molecule has 1 aromatic heterocycles. The smallest absolute Gasteiger partial charge is 0.317 e. The van der Waals surface area contributed by atoms with Gasteiger partial charge in [0.05, 0.1) is 17.3 Å². The summed E-state index contributed by atoms with van der Waals surface area (Å²) in [4.78, 5) is 25.3. The van der Waals surface area contributed by atoms with E-state index in [2.05, 4.69) is 10.4 Å². The minimum atomic E-state index is -0.842. The normalized spacial score (nSPS) is 27.3. The number of benzene rings is 1. The van der Waals surface area contributed by atoms with Crippen LogP contribution >= 0.6 is 0 Å². The number of carboxylic acids is 1. The number of carbonyl (C=O) groups excluding carboxylic acids is 1. The van der Waals surface area contributed by atoms with E-state index < -0.39 is 11.4 Å². The predicted molar refractivity (Wildman–Crippen MR) is 95.2 cm³/mol. The molecule has 2 fully saturated rings. The molecule has 0 spiro atoms. The molecule has 4 rings (SSSR count). The first-order valence-electron chi connectivity index (χ1n) is 8.85. The highest BCUT2D eigenvalue weighted by Gasteiger charge is 2.45. The Morgan fingerprint density at radius 1 is 1.31 bits per heavy atom. The number of urea groups is 1. The number of rotatable bonds is 4. The largest absolute Gasteiger partial charge is 0.481 e. The van der Waals surface area contributed by atoms with Gasteiger partial charge in [0.15, 0.2) is 0 Å². The topological polar surface area (TPSA) is 87.5 Å². The van der Waals surface area contributed by atoms with Gasteiger partial charge in [0.1, 0.15) is 0 Å². The number of hydrogen-bond acceptors (Lipinski definition) is 3. The van der Waals surface area contributed by atoms with E-state index in [4.69, 9.17) is 0 Å². The van der Waals surface area contributed by atoms with Crippen LogP contribution in [0.15, 0.2) is 42.7 Å². The quantitative estimate of drug-likeness (QED) is 0.881. The van der Waals surface area contributed by atoms with Gasteiger partial charge >= 0.3 is 12.0 Å². The van der Waals surface area contributed by atoms with Crippen molar-refractivity contribution in [2.45, 2.75) is 31.7 Å². The Bertz CT molecular complexity index is 834. The molecule has 1 unspecified atom stereocenters. The van der Waals surface area contributed by atoms with E-state index in [-0.39, 0.29) is 24.5 Å². The molecular formula is C19H22N4O3. The number of carboxylic acid groups (broad SMARTS) is 1. The van der Waals surface area contributed by atoms with Crippen LogP contribution in [0.5, 0.6) is 0 Å². The number of nitrogens with zero attached hydrogens (tertiary/aromatic N) is 3. The zero-order chi connectivity index (χ0) is 18.3. The zero-order valence-electron chi connectivity index (χ0n) is 14.6. The number of likely N-dealkylation sites (tertiary alicyclic amines) is 1. The molecule has 0 bridgehead atoms. The molecule has 2 heterocycles. The molecule has 2 amide bonds. The molecule has 26 heavy (non-hydrogen) atoms. The zero-order valence-corrected chi connectivity index (χ0v) is 14.6. The number of aromatic nitrogens is 2. The molecule has 3 atom stereocenters. The fourth-order valence-electron chi connectivity index (χ4n) is 3.53. The summed E-state index contributed by atoms with van der Waals surface area (Å²) < 4.78 is 1.84. The molecule has 136 valence electrons. The highest BCUT2D eigenvalue weighted by atomic mass is 16.4. The van der Waals surface area contributed by atoms with Crippen molar-refractivity contribution in [1.29, 1.82) is 0 Å². The van der Waals surface area contributed by atoms with Crippen LogP contribution in [-0.2, 0) is 4.79 Å². The van der Waals surface area contributed by atoms with E-state index >= 15 is 0 Å². The molecule has 1 saturated carbocycles. The summed E-state index contributed by atoms with van der Waals surface area (Å²) in [6.07, 6.45) is 5.23. The van der Waals surface area contributed by atoms with Gasteiger partial charge in [-0.3, -0.25) is 4.79 Å². The summed E-state index contributed by atoms with van der Waals surface area (Å²) in [5.41, 5.74) is 1.28. The summed E-state index contributed by atoms with van der Waals surface area (Å²) in [6.45, 7) is 2.44. The van der Waals surface area contributed by atoms with Gasteiger partial charge in [-0.15, -0.1) is 0 Å². The van der Waals surface area contributed by atoms with Crippen molar-refractivity contribution >= 4 is 12.0 Å². The molecule has 1 aliphatic heterocycles. The molecule has 2 aliphatic rings. The average Bonchev–Trinajstić information content (AvgIpc) is 3.06. The van der Waals surface area contributed by atoms with E-state index in [1.807, 2.05) is 47.4 Å². The number of hydrogen-bond donors (Lipinski definition) is 2. The van der Waals surface area contributed by atoms with E-state index in [9.17, 15) is 14.7 Å². The first-order chi connectivity index (χ1) is 12.5. The lowest BCUT2D eigenvalue weighted by Crippen LogP contribution is -2.42. The summed E-state index contributed by atoms with van der Waals surface area (Å²) in [5.74, 6) is -0.574. The molecule has 2 aromatic rings. The maximum atomic E-state index is 12.4. The van der Waals surface area contributed by atoms with Gasteiger partial charge in [-0.2, -0.15) is 5.10 Å². The Kier molecular flexibility index (Phi) is 3.94. The minimum absolute atomic E-state index is 0.0904. The lowest BCUT2D eigenvalue weighted by Gasteiger charge is -2.20. The Balaban J connectivity index is 1.34. The van der Waals surface area contributed by atoms with Gasteiger partial charge in [-0.05, 0) is 37.5 Å². The summed E-state index contributed by atoms with van der Waals surface area (Å²) in [5, 5.41) is 16.7. The average molecular weight is 354 g/mol. The number of nitrogens with one attached hydrogen (secondary N) is 1. The van der Waals surface area contributed by atoms with Crippen LogP contribution < -0.4 is 5.32 Å². The summed E-state index contributed by atoms with van der Waals surface area (Å²) in [6, 6.07) is 9.82. The van der Waals surface area contributed by atoms with Crippen LogP contribution in [-0.4, -0.2) is 50.9 Å². The molecule has 2 N–H and O–H groups in total. The number of aliphatic carboxylic acids is 1. The van der Waals surface area contributed by atoms with E-state index in [1.165, 1.54) is 0 Å². The maximum absolute atomic E-state index is 12.4. The van der Waals surface area contributed by atoms with Gasteiger partial charge in [0.2, 0.25) is 0 Å². The van der Waals surface area contributed by atoms with Crippen LogP contribution in [0, 0.1) is 5.41 Å². The molecule has 7 heteroatoms. The Labute approximate surface area is 151 Å². The highest BCUT2D eigenvalue weighted by Crippen LogP contribution is 2.41. The fraction of sp³-hybridized carbons (Fsp3) is 0.421. The molecular weight excluding hydrogens is 332 g/mol. The third-order valence-corrected chi connectivity index (χ3v) is 5.43. The second-order valence-electron chi connectivity index (χ2n) is 7.49. The first kappa shape index (κ1) is 16.6. The van der Waals surface area contributed by atoms with Crippen molar-refractivity contribution in [2.24, 2.45) is 5.41 Å². The lowest BCUT2D eigenvalue weighted by molar-refractivity contribution is -0.146. The minimum Gasteiger partial charge on any atom is -0.481 e. The van der Waals surface area contributed by atoms with E-state index in [1.54, 1.807) is 11.8 Å². The third-order valence-electron chi connectivity index (χ3n) is 5.43. The monoisotopic (exact) mass is 354 g/mol. The summed E-state index contributed by atoms with van der Waals surface area (Å²) >= 11 is 0. The van der Waals surface area contributed by atoms with Crippen LogP contribution in [0.25, 0.3) is 5.69 Å². The van der Waals surface area contributed by atoms with Gasteiger partial charge in [-0.1, -0.05) is 18.2 Å². The summed E-state index contributed by atoms with van der Waals surface area (Å²) in [7, 11) is 0. The van der Waals surface area contributed by atoms with Gasteiger partial charge in [0.25, 0.3) is 0 Å². The Hall–Kier alpha value is -2.83. The van der Waals surface area contributed by atoms with E-state index in [0.29, 0.717) is 13.0 Å². The van der Waals surface area contributed by atoms with Gasteiger partial charge in [0, 0.05) is 31.2 Å². The van der Waals surface area contributed by atoms with Crippen LogP contribution in [0.2, 0.25) is 0 Å². The molecule has 1 saturated heterocycles. The number of carbonyl (C=O) groups is 2. The first-order valence-corrected chi connectivity index (χ1v) is 8.85. The fourth-order valence-corrected chi connectivity index (χ4v) is 3.53. The third kappa shape index (κ3) is 3.05. The van der Waals surface area contributed by atoms with Gasteiger partial charge < -0.3 is 15.3 Å². The van der Waals surface area contributed by atoms with Crippen molar-refractivity contribution in [2.75, 3.05) is 13.1 Å². The van der Waals surface area contributed by atoms with Crippen LogP contribution in [0.4, 0.5) is 4.79 Å². The predicted octanol–water partition coefficient (Wildman–Crippen LogP) is 2.23.